The van der Waals surface area contributed by atoms with Crippen LogP contribution in [-0.4, -0.2) is 28.6 Å². The van der Waals surface area contributed by atoms with Crippen molar-refractivity contribution < 1.29 is 24.2 Å². The maximum absolute atomic E-state index is 12.6. The van der Waals surface area contributed by atoms with E-state index in [0.717, 1.165) is 11.1 Å². The largest absolute Gasteiger partial charge is 0.478 e. The number of aryl methyl sites for hydroxylation is 1. The van der Waals surface area contributed by atoms with Gasteiger partial charge in [-0.2, -0.15) is 0 Å². The van der Waals surface area contributed by atoms with Gasteiger partial charge in [0.05, 0.1) is 11.1 Å². The van der Waals surface area contributed by atoms with E-state index >= 15 is 0 Å². The van der Waals surface area contributed by atoms with Crippen LogP contribution in [0.5, 0.6) is 0 Å². The van der Waals surface area contributed by atoms with Gasteiger partial charge in [-0.05, 0) is 49.7 Å². The average Bonchev–Trinajstić information content (AvgIpc) is 2.56. The predicted molar refractivity (Wildman–Crippen MR) is 90.7 cm³/mol. The SMILES string of the molecule is Cc1ccc2c(c1)C(=O)O[C@@](C)(C(=O)Nc1ccc(C(=O)O)cc1)C2. The Labute approximate surface area is 144 Å². The number of carbonyl (C=O) groups is 3. The van der Waals surface area contributed by atoms with E-state index in [1.165, 1.54) is 24.3 Å². The van der Waals surface area contributed by atoms with Crippen molar-refractivity contribution in [2.24, 2.45) is 0 Å². The lowest BCUT2D eigenvalue weighted by Crippen LogP contribution is -2.48. The Bertz CT molecular complexity index is 872. The highest BCUT2D eigenvalue weighted by atomic mass is 16.6. The molecule has 128 valence electrons. The highest BCUT2D eigenvalue weighted by Crippen LogP contribution is 2.30. The molecule has 1 amide bonds. The topological polar surface area (TPSA) is 92.7 Å². The smallest absolute Gasteiger partial charge is 0.339 e. The molecule has 0 fully saturated rings. The fourth-order valence-electron chi connectivity index (χ4n) is 2.78. The van der Waals surface area contributed by atoms with Crippen molar-refractivity contribution in [3.8, 4) is 0 Å². The summed E-state index contributed by atoms with van der Waals surface area (Å²) in [5.41, 5.74) is 1.42. The van der Waals surface area contributed by atoms with Crippen LogP contribution >= 0.6 is 0 Å². The molecule has 0 saturated carbocycles. The third-order valence-corrected chi connectivity index (χ3v) is 4.20. The van der Waals surface area contributed by atoms with Gasteiger partial charge in [0.25, 0.3) is 5.91 Å². The number of hydrogen-bond donors (Lipinski definition) is 2. The molecule has 25 heavy (non-hydrogen) atoms. The number of nitrogens with one attached hydrogen (secondary N) is 1. The van der Waals surface area contributed by atoms with Crippen molar-refractivity contribution in [2.75, 3.05) is 5.32 Å². The van der Waals surface area contributed by atoms with Gasteiger partial charge < -0.3 is 15.2 Å². The molecule has 0 radical (unpaired) electrons. The predicted octanol–water partition coefficient (Wildman–Crippen LogP) is 2.80. The van der Waals surface area contributed by atoms with Crippen LogP contribution in [0, 0.1) is 6.92 Å². The number of fused-ring (bicyclic) bond motifs is 1. The third-order valence-electron chi connectivity index (χ3n) is 4.20. The summed E-state index contributed by atoms with van der Waals surface area (Å²) in [5, 5.41) is 11.6. The minimum absolute atomic E-state index is 0.123. The van der Waals surface area contributed by atoms with Crippen LogP contribution in [0.3, 0.4) is 0 Å². The van der Waals surface area contributed by atoms with E-state index in [0.29, 0.717) is 11.3 Å². The Kier molecular flexibility index (Phi) is 4.04. The van der Waals surface area contributed by atoms with E-state index in [1.54, 1.807) is 13.0 Å². The molecule has 0 aliphatic carbocycles. The maximum Gasteiger partial charge on any atom is 0.339 e. The van der Waals surface area contributed by atoms with Crippen LogP contribution in [0.4, 0.5) is 5.69 Å². The molecule has 0 saturated heterocycles. The van der Waals surface area contributed by atoms with Crippen LogP contribution in [0.15, 0.2) is 42.5 Å². The number of hydrogen-bond acceptors (Lipinski definition) is 4. The first-order valence-corrected chi connectivity index (χ1v) is 7.76. The summed E-state index contributed by atoms with van der Waals surface area (Å²) in [6.07, 6.45) is 0.271. The van der Waals surface area contributed by atoms with E-state index in [4.69, 9.17) is 9.84 Å². The number of ether oxygens (including phenoxy) is 1. The molecule has 1 aliphatic heterocycles. The van der Waals surface area contributed by atoms with E-state index in [2.05, 4.69) is 5.32 Å². The van der Waals surface area contributed by atoms with Gasteiger partial charge in [-0.3, -0.25) is 4.79 Å². The quantitative estimate of drug-likeness (QED) is 0.839. The van der Waals surface area contributed by atoms with Crippen molar-refractivity contribution >= 4 is 23.5 Å². The van der Waals surface area contributed by atoms with Crippen molar-refractivity contribution in [2.45, 2.75) is 25.9 Å². The van der Waals surface area contributed by atoms with Crippen LogP contribution in [0.1, 0.15) is 38.8 Å². The third kappa shape index (κ3) is 3.24. The summed E-state index contributed by atoms with van der Waals surface area (Å²) in [6, 6.07) is 11.2. The molecule has 0 spiro atoms. The van der Waals surface area contributed by atoms with Gasteiger partial charge in [-0.15, -0.1) is 0 Å². The zero-order chi connectivity index (χ0) is 18.2. The zero-order valence-corrected chi connectivity index (χ0v) is 13.8. The second-order valence-electron chi connectivity index (χ2n) is 6.29. The zero-order valence-electron chi connectivity index (χ0n) is 13.8. The number of carboxylic acids is 1. The van der Waals surface area contributed by atoms with Crippen LogP contribution in [0.2, 0.25) is 0 Å². The van der Waals surface area contributed by atoms with Gasteiger partial charge in [0.2, 0.25) is 0 Å². The molecule has 3 rings (SSSR count). The van der Waals surface area contributed by atoms with Gasteiger partial charge >= 0.3 is 11.9 Å². The molecule has 2 aromatic rings. The van der Waals surface area contributed by atoms with Crippen molar-refractivity contribution in [1.82, 2.24) is 0 Å². The summed E-state index contributed by atoms with van der Waals surface area (Å²) in [4.78, 5) is 35.8. The molecule has 1 atom stereocenters. The lowest BCUT2D eigenvalue weighted by Gasteiger charge is -2.33. The van der Waals surface area contributed by atoms with Gasteiger partial charge in [0.15, 0.2) is 5.60 Å². The Balaban J connectivity index is 1.81. The minimum atomic E-state index is -1.33. The average molecular weight is 339 g/mol. The number of cyclic esters (lactones) is 1. The fourth-order valence-corrected chi connectivity index (χ4v) is 2.78. The monoisotopic (exact) mass is 339 g/mol. The number of benzene rings is 2. The van der Waals surface area contributed by atoms with Crippen molar-refractivity contribution in [3.63, 3.8) is 0 Å². The standard InChI is InChI=1S/C19H17NO5/c1-11-3-4-13-10-19(2,25-17(23)15(13)9-11)18(24)20-14-7-5-12(6-8-14)16(21)22/h3-9H,10H2,1-2H3,(H,20,24)(H,21,22)/t19-/m1/s1. The molecule has 0 aromatic heterocycles. The van der Waals surface area contributed by atoms with Gasteiger partial charge in [-0.25, -0.2) is 9.59 Å². The second kappa shape index (κ2) is 6.05. The van der Waals surface area contributed by atoms with Crippen LogP contribution < -0.4 is 5.32 Å². The molecule has 1 aliphatic rings. The van der Waals surface area contributed by atoms with Crippen molar-refractivity contribution in [3.05, 3.63) is 64.7 Å². The highest BCUT2D eigenvalue weighted by Gasteiger charge is 2.42. The molecular weight excluding hydrogens is 322 g/mol. The van der Waals surface area contributed by atoms with Crippen molar-refractivity contribution in [1.29, 1.82) is 0 Å². The summed E-state index contributed by atoms with van der Waals surface area (Å²) < 4.78 is 5.41. The Hall–Kier alpha value is -3.15. The number of anilines is 1. The number of aromatic carboxylic acids is 1. The summed E-state index contributed by atoms with van der Waals surface area (Å²) in [6.45, 7) is 3.45. The molecule has 1 heterocycles. The molecule has 2 aromatic carbocycles. The number of rotatable bonds is 3. The number of carbonyl (C=O) groups excluding carboxylic acids is 2. The highest BCUT2D eigenvalue weighted by molar-refractivity contribution is 6.02. The van der Waals surface area contributed by atoms with Gasteiger partial charge in [0.1, 0.15) is 0 Å². The Morgan fingerprint density at radius 1 is 1.16 bits per heavy atom. The van der Waals surface area contributed by atoms with E-state index in [1.807, 2.05) is 19.1 Å². The first-order chi connectivity index (χ1) is 11.8. The number of carboxylic acid groups (broad SMARTS) is 1. The second-order valence-corrected chi connectivity index (χ2v) is 6.29. The van der Waals surface area contributed by atoms with Crippen LogP contribution in [0.25, 0.3) is 0 Å². The first-order valence-electron chi connectivity index (χ1n) is 7.76. The number of amides is 1. The molecule has 6 nitrogen and oxygen atoms in total. The summed E-state index contributed by atoms with van der Waals surface area (Å²) >= 11 is 0. The molecule has 2 N–H and O–H groups in total. The molecule has 0 unspecified atom stereocenters. The van der Waals surface area contributed by atoms with Gasteiger partial charge in [-0.1, -0.05) is 17.7 Å². The lowest BCUT2D eigenvalue weighted by atomic mass is 9.88. The molecular formula is C19H17NO5. The van der Waals surface area contributed by atoms with E-state index in [-0.39, 0.29) is 12.0 Å². The fraction of sp³-hybridized carbons (Fsp3) is 0.211. The first kappa shape index (κ1) is 16.7. The van der Waals surface area contributed by atoms with Gasteiger partial charge in [0, 0.05) is 12.1 Å². The van der Waals surface area contributed by atoms with E-state index < -0.39 is 23.4 Å². The van der Waals surface area contributed by atoms with E-state index in [9.17, 15) is 14.4 Å². The molecule has 0 bridgehead atoms. The minimum Gasteiger partial charge on any atom is -0.478 e. The van der Waals surface area contributed by atoms with Crippen LogP contribution in [-0.2, 0) is 16.0 Å². The molecule has 6 heteroatoms. The maximum atomic E-state index is 12.6. The normalized spacial score (nSPS) is 18.9. The summed E-state index contributed by atoms with van der Waals surface area (Å²) in [7, 11) is 0. The summed E-state index contributed by atoms with van der Waals surface area (Å²) in [5.74, 6) is -2.03. The Morgan fingerprint density at radius 3 is 2.48 bits per heavy atom. The number of esters is 1. The Morgan fingerprint density at radius 2 is 1.84 bits per heavy atom. The lowest BCUT2D eigenvalue weighted by molar-refractivity contribution is -0.134.